The lowest BCUT2D eigenvalue weighted by Gasteiger charge is -2.12. The summed E-state index contributed by atoms with van der Waals surface area (Å²) in [4.78, 5) is 0. The first-order valence-corrected chi connectivity index (χ1v) is 6.18. The van der Waals surface area contributed by atoms with Crippen molar-refractivity contribution in [3.05, 3.63) is 23.8 Å². The summed E-state index contributed by atoms with van der Waals surface area (Å²) in [5.41, 5.74) is 1.05. The third-order valence-electron chi connectivity index (χ3n) is 1.88. The number of hydrogen-bond acceptors (Lipinski definition) is 2. The van der Waals surface area contributed by atoms with E-state index in [1.165, 1.54) is 6.26 Å². The van der Waals surface area contributed by atoms with Crippen LogP contribution in [0.25, 0.3) is 0 Å². The Morgan fingerprint density at radius 3 is 2.85 bits per heavy atom. The molecule has 0 heterocycles. The highest BCUT2D eigenvalue weighted by Gasteiger charge is 2.06. The van der Waals surface area contributed by atoms with Crippen molar-refractivity contribution in [3.63, 3.8) is 0 Å². The molecule has 1 unspecified atom stereocenters. The Labute approximate surface area is 79.6 Å². The summed E-state index contributed by atoms with van der Waals surface area (Å²) in [7, 11) is -3.07. The van der Waals surface area contributed by atoms with Crippen molar-refractivity contribution in [1.82, 2.24) is 4.72 Å². The zero-order valence-corrected chi connectivity index (χ0v) is 8.76. The Hall–Kier alpha value is -0.610. The fraction of sp³-hybridized carbons (Fsp3) is 0.556. The molecule has 0 amide bonds. The molecule has 0 aromatic rings. The Morgan fingerprint density at radius 2 is 2.31 bits per heavy atom. The standard InChI is InChI=1S/C9H15NO2S/c1-8-4-3-5-9(6-8)7-10-13(2,11)12/h3,5-6,8,10H,4,7H2,1-2H3. The highest BCUT2D eigenvalue weighted by atomic mass is 32.2. The molecule has 0 bridgehead atoms. The molecule has 1 rings (SSSR count). The second-order valence-electron chi connectivity index (χ2n) is 3.45. The fourth-order valence-electron chi connectivity index (χ4n) is 1.26. The van der Waals surface area contributed by atoms with Crippen LogP contribution in [-0.4, -0.2) is 21.2 Å². The number of sulfonamides is 1. The molecule has 13 heavy (non-hydrogen) atoms. The SMILES string of the molecule is CC1C=C(CNS(C)(=O)=O)C=CC1. The molecule has 1 aliphatic rings. The van der Waals surface area contributed by atoms with Crippen molar-refractivity contribution in [2.75, 3.05) is 12.8 Å². The van der Waals surface area contributed by atoms with Crippen LogP contribution in [0.2, 0.25) is 0 Å². The molecular formula is C9H15NO2S. The monoisotopic (exact) mass is 201 g/mol. The molecule has 1 atom stereocenters. The Balaban J connectivity index is 2.51. The van der Waals surface area contributed by atoms with E-state index in [1.807, 2.05) is 6.08 Å². The van der Waals surface area contributed by atoms with Gasteiger partial charge in [0.15, 0.2) is 0 Å². The van der Waals surface area contributed by atoms with Crippen molar-refractivity contribution in [1.29, 1.82) is 0 Å². The van der Waals surface area contributed by atoms with Gasteiger partial charge in [-0.05, 0) is 17.9 Å². The lowest BCUT2D eigenvalue weighted by Crippen LogP contribution is -2.24. The molecule has 0 radical (unpaired) electrons. The molecule has 0 spiro atoms. The van der Waals surface area contributed by atoms with Gasteiger partial charge in [0, 0.05) is 6.54 Å². The van der Waals surface area contributed by atoms with Gasteiger partial charge >= 0.3 is 0 Å². The van der Waals surface area contributed by atoms with Crippen LogP contribution in [0.5, 0.6) is 0 Å². The summed E-state index contributed by atoms with van der Waals surface area (Å²) < 4.78 is 24.1. The molecule has 1 N–H and O–H groups in total. The van der Waals surface area contributed by atoms with Crippen LogP contribution in [0, 0.1) is 5.92 Å². The van der Waals surface area contributed by atoms with E-state index in [1.54, 1.807) is 0 Å². The second kappa shape index (κ2) is 4.07. The average Bonchev–Trinajstić information content (AvgIpc) is 2.00. The van der Waals surface area contributed by atoms with E-state index >= 15 is 0 Å². The van der Waals surface area contributed by atoms with Crippen LogP contribution in [0.3, 0.4) is 0 Å². The van der Waals surface area contributed by atoms with Gasteiger partial charge in [0.2, 0.25) is 10.0 Å². The van der Waals surface area contributed by atoms with E-state index in [4.69, 9.17) is 0 Å². The van der Waals surface area contributed by atoms with Crippen LogP contribution in [0.4, 0.5) is 0 Å². The summed E-state index contributed by atoms with van der Waals surface area (Å²) in [5, 5.41) is 0. The zero-order chi connectivity index (χ0) is 9.90. The molecule has 0 aliphatic heterocycles. The molecule has 74 valence electrons. The quantitative estimate of drug-likeness (QED) is 0.742. The van der Waals surface area contributed by atoms with Crippen molar-refractivity contribution >= 4 is 10.0 Å². The molecule has 1 aliphatic carbocycles. The van der Waals surface area contributed by atoms with Crippen molar-refractivity contribution in [2.45, 2.75) is 13.3 Å². The molecule has 0 aromatic carbocycles. The van der Waals surface area contributed by atoms with Crippen LogP contribution in [-0.2, 0) is 10.0 Å². The van der Waals surface area contributed by atoms with Crippen molar-refractivity contribution < 1.29 is 8.42 Å². The topological polar surface area (TPSA) is 46.2 Å². The molecule has 3 nitrogen and oxygen atoms in total. The number of allylic oxidation sites excluding steroid dienone is 2. The van der Waals surface area contributed by atoms with Crippen LogP contribution < -0.4 is 4.72 Å². The van der Waals surface area contributed by atoms with Crippen LogP contribution in [0.15, 0.2) is 23.8 Å². The fourth-order valence-corrected chi connectivity index (χ4v) is 1.68. The zero-order valence-electron chi connectivity index (χ0n) is 7.95. The first kappa shape index (κ1) is 10.5. The number of rotatable bonds is 3. The summed E-state index contributed by atoms with van der Waals surface area (Å²) in [6, 6.07) is 0. The van der Waals surface area contributed by atoms with E-state index in [9.17, 15) is 8.42 Å². The predicted octanol–water partition coefficient (Wildman–Crippen LogP) is 1.06. The molecule has 4 heteroatoms. The molecular weight excluding hydrogens is 186 g/mol. The van der Waals surface area contributed by atoms with E-state index in [-0.39, 0.29) is 0 Å². The van der Waals surface area contributed by atoms with Gasteiger partial charge in [0.25, 0.3) is 0 Å². The first-order valence-electron chi connectivity index (χ1n) is 4.29. The van der Waals surface area contributed by atoms with Crippen LogP contribution >= 0.6 is 0 Å². The third kappa shape index (κ3) is 4.24. The smallest absolute Gasteiger partial charge is 0.209 e. The Bertz CT molecular complexity index is 328. The summed E-state index contributed by atoms with van der Waals surface area (Å²) >= 11 is 0. The van der Waals surface area contributed by atoms with Gasteiger partial charge in [-0.3, -0.25) is 0 Å². The predicted molar refractivity (Wildman–Crippen MR) is 53.9 cm³/mol. The van der Waals surface area contributed by atoms with Gasteiger partial charge in [-0.15, -0.1) is 0 Å². The van der Waals surface area contributed by atoms with E-state index in [0.29, 0.717) is 12.5 Å². The van der Waals surface area contributed by atoms with E-state index in [2.05, 4.69) is 23.8 Å². The normalized spacial score (nSPS) is 22.9. The second-order valence-corrected chi connectivity index (χ2v) is 5.28. The highest BCUT2D eigenvalue weighted by molar-refractivity contribution is 7.88. The minimum Gasteiger partial charge on any atom is -0.213 e. The van der Waals surface area contributed by atoms with Gasteiger partial charge in [0.05, 0.1) is 6.26 Å². The number of nitrogens with one attached hydrogen (secondary N) is 1. The van der Waals surface area contributed by atoms with Gasteiger partial charge in [-0.2, -0.15) is 0 Å². The average molecular weight is 201 g/mol. The maximum Gasteiger partial charge on any atom is 0.209 e. The summed E-state index contributed by atoms with van der Waals surface area (Å²) in [5.74, 6) is 0.515. The first-order chi connectivity index (χ1) is 5.97. The van der Waals surface area contributed by atoms with Crippen molar-refractivity contribution in [3.8, 4) is 0 Å². The molecule has 0 fully saturated rings. The Morgan fingerprint density at radius 1 is 1.62 bits per heavy atom. The van der Waals surface area contributed by atoms with E-state index < -0.39 is 10.0 Å². The van der Waals surface area contributed by atoms with Gasteiger partial charge in [0.1, 0.15) is 0 Å². The number of hydrogen-bond donors (Lipinski definition) is 1. The maximum absolute atomic E-state index is 10.8. The van der Waals surface area contributed by atoms with Gasteiger partial charge in [-0.25, -0.2) is 13.1 Å². The minimum absolute atomic E-state index is 0.402. The lowest BCUT2D eigenvalue weighted by molar-refractivity contribution is 0.590. The van der Waals surface area contributed by atoms with Crippen molar-refractivity contribution in [2.24, 2.45) is 5.92 Å². The minimum atomic E-state index is -3.07. The van der Waals surface area contributed by atoms with E-state index in [0.717, 1.165) is 12.0 Å². The molecule has 0 saturated carbocycles. The van der Waals surface area contributed by atoms with Gasteiger partial charge in [-0.1, -0.05) is 25.2 Å². The molecule has 0 saturated heterocycles. The van der Waals surface area contributed by atoms with Gasteiger partial charge < -0.3 is 0 Å². The highest BCUT2D eigenvalue weighted by Crippen LogP contribution is 2.14. The molecule has 0 aromatic heterocycles. The largest absolute Gasteiger partial charge is 0.213 e. The third-order valence-corrected chi connectivity index (χ3v) is 2.55. The van der Waals surface area contributed by atoms with Crippen LogP contribution in [0.1, 0.15) is 13.3 Å². The maximum atomic E-state index is 10.8. The summed E-state index contributed by atoms with van der Waals surface area (Å²) in [6.07, 6.45) is 8.35. The Kier molecular flexibility index (Phi) is 3.27. The summed E-state index contributed by atoms with van der Waals surface area (Å²) in [6.45, 7) is 2.52. The lowest BCUT2D eigenvalue weighted by atomic mass is 9.98.